The van der Waals surface area contributed by atoms with Crippen LogP contribution in [0.4, 0.5) is 17.1 Å². The van der Waals surface area contributed by atoms with E-state index in [1.807, 2.05) is 0 Å². The van der Waals surface area contributed by atoms with E-state index in [4.69, 9.17) is 27.9 Å². The lowest BCUT2D eigenvalue weighted by atomic mass is 10.1. The van der Waals surface area contributed by atoms with Gasteiger partial charge in [0, 0.05) is 21.8 Å². The molecule has 184 valence electrons. The molecule has 14 heteroatoms. The van der Waals surface area contributed by atoms with E-state index in [1.54, 1.807) is 19.1 Å². The summed E-state index contributed by atoms with van der Waals surface area (Å²) in [5.74, 6) is -1.98. The zero-order chi connectivity index (χ0) is 26.4. The number of carbonyl (C=O) groups is 2. The maximum absolute atomic E-state index is 12.1. The Morgan fingerprint density at radius 2 is 1.53 bits per heavy atom. The summed E-state index contributed by atoms with van der Waals surface area (Å²) in [4.78, 5) is 44.7. The molecule has 2 N–H and O–H groups in total. The molecule has 0 aromatic heterocycles. The van der Waals surface area contributed by atoms with Crippen LogP contribution in [0.3, 0.4) is 0 Å². The van der Waals surface area contributed by atoms with Gasteiger partial charge in [0.25, 0.3) is 5.69 Å². The number of benzene rings is 3. The largest absolute Gasteiger partial charge is 0.450 e. The van der Waals surface area contributed by atoms with Crippen molar-refractivity contribution in [1.29, 1.82) is 0 Å². The highest BCUT2D eigenvalue weighted by atomic mass is 35.5. The van der Waals surface area contributed by atoms with Crippen LogP contribution in [0.2, 0.25) is 10.0 Å². The Balaban J connectivity index is 1.65. The standard InChI is InChI=1S/C22H15Cl2N5O7/c1-12(26-27-22(31)21(30)25-16-9-14(23)8-15(24)10-16)13-2-5-18(6-3-13)36-20-7-4-17(28(32)33)11-19(20)29(34)35/h2-11H,1H3,(H,25,30)(H,27,31)/b26-12+. The van der Waals surface area contributed by atoms with Crippen molar-refractivity contribution >= 4 is 57.8 Å². The van der Waals surface area contributed by atoms with E-state index in [2.05, 4.69) is 15.8 Å². The fourth-order valence-corrected chi connectivity index (χ4v) is 3.33. The number of ether oxygens (including phenoxy) is 1. The molecule has 36 heavy (non-hydrogen) atoms. The molecule has 0 atom stereocenters. The Morgan fingerprint density at radius 3 is 2.11 bits per heavy atom. The summed E-state index contributed by atoms with van der Waals surface area (Å²) >= 11 is 11.7. The number of nitrogens with zero attached hydrogens (tertiary/aromatic N) is 3. The van der Waals surface area contributed by atoms with Crippen molar-refractivity contribution < 1.29 is 24.2 Å². The number of nitro benzene ring substituents is 2. The number of nitro groups is 2. The molecule has 0 saturated carbocycles. The molecular weight excluding hydrogens is 517 g/mol. The number of hydrazone groups is 1. The van der Waals surface area contributed by atoms with Crippen molar-refractivity contribution in [3.8, 4) is 11.5 Å². The number of carbonyl (C=O) groups excluding carboxylic acids is 2. The average Bonchev–Trinajstić information content (AvgIpc) is 2.82. The third-order valence-corrected chi connectivity index (χ3v) is 4.94. The first-order valence-corrected chi connectivity index (χ1v) is 10.6. The van der Waals surface area contributed by atoms with Crippen molar-refractivity contribution in [2.45, 2.75) is 6.92 Å². The number of anilines is 1. The molecule has 0 aliphatic heterocycles. The molecule has 0 saturated heterocycles. The van der Waals surface area contributed by atoms with E-state index in [0.29, 0.717) is 11.3 Å². The molecule has 12 nitrogen and oxygen atoms in total. The molecule has 0 aliphatic rings. The lowest BCUT2D eigenvalue weighted by molar-refractivity contribution is -0.394. The van der Waals surface area contributed by atoms with Crippen LogP contribution in [0.5, 0.6) is 11.5 Å². The van der Waals surface area contributed by atoms with E-state index >= 15 is 0 Å². The first kappa shape index (κ1) is 26.1. The summed E-state index contributed by atoms with van der Waals surface area (Å²) in [6, 6.07) is 13.4. The Kier molecular flexibility index (Phi) is 8.14. The number of halogens is 2. The van der Waals surface area contributed by atoms with Gasteiger partial charge in [0.05, 0.1) is 21.6 Å². The number of non-ortho nitro benzene ring substituents is 1. The van der Waals surface area contributed by atoms with Crippen LogP contribution >= 0.6 is 23.2 Å². The summed E-state index contributed by atoms with van der Waals surface area (Å²) in [5, 5.41) is 28.9. The number of amides is 2. The lowest BCUT2D eigenvalue weighted by Gasteiger charge is -2.08. The minimum Gasteiger partial charge on any atom is -0.450 e. The molecule has 3 aromatic carbocycles. The summed E-state index contributed by atoms with van der Waals surface area (Å²) in [7, 11) is 0. The zero-order valence-corrected chi connectivity index (χ0v) is 19.7. The summed E-state index contributed by atoms with van der Waals surface area (Å²) in [6.45, 7) is 1.58. The van der Waals surface area contributed by atoms with E-state index in [0.717, 1.165) is 18.2 Å². The van der Waals surface area contributed by atoms with Gasteiger partial charge in [0.15, 0.2) is 0 Å². The van der Waals surface area contributed by atoms with Crippen LogP contribution in [0.25, 0.3) is 0 Å². The fraction of sp³-hybridized carbons (Fsp3) is 0.0455. The van der Waals surface area contributed by atoms with Gasteiger partial charge in [-0.05, 0) is 61.0 Å². The number of nitrogens with one attached hydrogen (secondary N) is 2. The highest BCUT2D eigenvalue weighted by Gasteiger charge is 2.21. The maximum Gasteiger partial charge on any atom is 0.329 e. The van der Waals surface area contributed by atoms with Crippen LogP contribution < -0.4 is 15.5 Å². The minimum absolute atomic E-state index is 0.178. The molecule has 0 radical (unpaired) electrons. The number of rotatable bonds is 7. The van der Waals surface area contributed by atoms with Crippen LogP contribution in [0.15, 0.2) is 65.8 Å². The lowest BCUT2D eigenvalue weighted by Crippen LogP contribution is -2.32. The molecule has 3 rings (SSSR count). The van der Waals surface area contributed by atoms with Gasteiger partial charge in [-0.3, -0.25) is 29.8 Å². The van der Waals surface area contributed by atoms with E-state index in [9.17, 15) is 29.8 Å². The monoisotopic (exact) mass is 531 g/mol. The van der Waals surface area contributed by atoms with Gasteiger partial charge in [-0.1, -0.05) is 23.2 Å². The second-order valence-electron chi connectivity index (χ2n) is 7.04. The van der Waals surface area contributed by atoms with Crippen LogP contribution in [-0.2, 0) is 9.59 Å². The molecule has 2 amide bonds. The highest BCUT2D eigenvalue weighted by Crippen LogP contribution is 2.34. The molecule has 0 fully saturated rings. The Hall–Kier alpha value is -4.55. The molecule has 0 spiro atoms. The second kappa shape index (κ2) is 11.3. The highest BCUT2D eigenvalue weighted by molar-refractivity contribution is 6.40. The van der Waals surface area contributed by atoms with Crippen molar-refractivity contribution in [1.82, 2.24) is 5.43 Å². The second-order valence-corrected chi connectivity index (χ2v) is 7.92. The predicted molar refractivity (Wildman–Crippen MR) is 132 cm³/mol. The first-order valence-electron chi connectivity index (χ1n) is 9.86. The van der Waals surface area contributed by atoms with E-state index < -0.39 is 33.0 Å². The quantitative estimate of drug-likeness (QED) is 0.185. The van der Waals surface area contributed by atoms with Crippen molar-refractivity contribution in [2.24, 2.45) is 5.10 Å². The minimum atomic E-state index is -1.03. The Morgan fingerprint density at radius 1 is 0.889 bits per heavy atom. The third kappa shape index (κ3) is 6.74. The van der Waals surface area contributed by atoms with Gasteiger partial charge in [-0.15, -0.1) is 0 Å². The first-order chi connectivity index (χ1) is 17.0. The van der Waals surface area contributed by atoms with E-state index in [-0.39, 0.29) is 27.2 Å². The average molecular weight is 532 g/mol. The van der Waals surface area contributed by atoms with Gasteiger partial charge in [-0.2, -0.15) is 5.10 Å². The smallest absolute Gasteiger partial charge is 0.329 e. The summed E-state index contributed by atoms with van der Waals surface area (Å²) in [6.07, 6.45) is 0. The van der Waals surface area contributed by atoms with Crippen molar-refractivity contribution in [2.75, 3.05) is 5.32 Å². The summed E-state index contributed by atoms with van der Waals surface area (Å²) < 4.78 is 5.50. The van der Waals surface area contributed by atoms with Gasteiger partial charge in [-0.25, -0.2) is 5.43 Å². The summed E-state index contributed by atoms with van der Waals surface area (Å²) in [5.41, 5.74) is 2.24. The number of hydrogen-bond acceptors (Lipinski definition) is 8. The zero-order valence-electron chi connectivity index (χ0n) is 18.2. The van der Waals surface area contributed by atoms with Gasteiger partial charge in [0.1, 0.15) is 5.75 Å². The Bertz CT molecular complexity index is 1370. The fourth-order valence-electron chi connectivity index (χ4n) is 2.80. The molecular formula is C22H15Cl2N5O7. The van der Waals surface area contributed by atoms with Gasteiger partial charge in [0.2, 0.25) is 5.75 Å². The van der Waals surface area contributed by atoms with Gasteiger partial charge >= 0.3 is 17.5 Å². The van der Waals surface area contributed by atoms with Gasteiger partial charge < -0.3 is 10.1 Å². The van der Waals surface area contributed by atoms with Crippen LogP contribution in [0, 0.1) is 20.2 Å². The number of hydrogen-bond donors (Lipinski definition) is 2. The molecule has 0 heterocycles. The topological polar surface area (TPSA) is 166 Å². The molecule has 0 bridgehead atoms. The molecule has 3 aromatic rings. The normalized spacial score (nSPS) is 10.9. The van der Waals surface area contributed by atoms with Crippen molar-refractivity contribution in [3.63, 3.8) is 0 Å². The van der Waals surface area contributed by atoms with E-state index in [1.165, 1.54) is 30.3 Å². The van der Waals surface area contributed by atoms with Crippen LogP contribution in [0.1, 0.15) is 12.5 Å². The Labute approximate surface area is 212 Å². The van der Waals surface area contributed by atoms with Crippen molar-refractivity contribution in [3.05, 3.63) is 96.5 Å². The SMILES string of the molecule is C/C(=N\NC(=O)C(=O)Nc1cc(Cl)cc(Cl)c1)c1ccc(Oc2ccc([N+](=O)[O-])cc2[N+](=O)[O-])cc1. The van der Waals surface area contributed by atoms with Crippen LogP contribution in [-0.4, -0.2) is 27.4 Å². The molecule has 0 unspecified atom stereocenters. The third-order valence-electron chi connectivity index (χ3n) is 4.50. The molecule has 0 aliphatic carbocycles. The maximum atomic E-state index is 12.1. The predicted octanol–water partition coefficient (Wildman–Crippen LogP) is 5.08.